The highest BCUT2D eigenvalue weighted by molar-refractivity contribution is 5.03. The van der Waals surface area contributed by atoms with E-state index in [1.54, 1.807) is 19.1 Å². The largest absolute Gasteiger partial charge is 0.336 e. The van der Waals surface area contributed by atoms with Crippen molar-refractivity contribution < 1.29 is 0 Å². The third-order valence-corrected chi connectivity index (χ3v) is 1.19. The summed E-state index contributed by atoms with van der Waals surface area (Å²) in [4.78, 5) is 10.7. The van der Waals surface area contributed by atoms with Gasteiger partial charge in [-0.3, -0.25) is 4.79 Å². The van der Waals surface area contributed by atoms with Crippen LogP contribution in [0.3, 0.4) is 0 Å². The van der Waals surface area contributed by atoms with E-state index >= 15 is 0 Å². The first kappa shape index (κ1) is 9.75. The number of nitrogens with zero attached hydrogens (tertiary/aromatic N) is 1. The van der Waals surface area contributed by atoms with Crippen molar-refractivity contribution in [2.75, 3.05) is 5.84 Å². The van der Waals surface area contributed by atoms with Gasteiger partial charge in [-0.2, -0.15) is 0 Å². The molecule has 1 heterocycles. The number of aryl methyl sites for hydroxylation is 1. The maximum Gasteiger partial charge on any atom is 0.268 e. The molecular weight excluding hydrogens is 140 g/mol. The van der Waals surface area contributed by atoms with Gasteiger partial charge in [0.05, 0.1) is 0 Å². The third-order valence-electron chi connectivity index (χ3n) is 1.19. The first-order valence-electron chi connectivity index (χ1n) is 3.65. The van der Waals surface area contributed by atoms with Crippen LogP contribution in [0, 0.1) is 6.92 Å². The van der Waals surface area contributed by atoms with Crippen LogP contribution in [-0.2, 0) is 0 Å². The predicted octanol–water partition coefficient (Wildman–Crippen LogP) is 0.897. The molecule has 3 heteroatoms. The van der Waals surface area contributed by atoms with Crippen molar-refractivity contribution in [3.8, 4) is 0 Å². The third kappa shape index (κ3) is 2.45. The maximum atomic E-state index is 10.7. The molecule has 0 saturated carbocycles. The van der Waals surface area contributed by atoms with E-state index in [1.807, 2.05) is 13.8 Å². The molecule has 0 aliphatic rings. The van der Waals surface area contributed by atoms with Crippen molar-refractivity contribution in [2.24, 2.45) is 0 Å². The molecule has 62 valence electrons. The van der Waals surface area contributed by atoms with Crippen LogP contribution in [0.25, 0.3) is 0 Å². The Morgan fingerprint density at radius 3 is 2.27 bits per heavy atom. The van der Waals surface area contributed by atoms with E-state index < -0.39 is 0 Å². The summed E-state index contributed by atoms with van der Waals surface area (Å²) in [5.74, 6) is 5.29. The Kier molecular flexibility index (Phi) is 4.03. The van der Waals surface area contributed by atoms with Crippen LogP contribution in [0.15, 0.2) is 23.0 Å². The molecule has 0 aliphatic carbocycles. The molecule has 3 nitrogen and oxygen atoms in total. The van der Waals surface area contributed by atoms with E-state index in [1.165, 1.54) is 6.07 Å². The van der Waals surface area contributed by atoms with Gasteiger partial charge in [0.25, 0.3) is 5.56 Å². The molecule has 0 amide bonds. The number of nitrogens with two attached hydrogens (primary N) is 1. The van der Waals surface area contributed by atoms with Crippen LogP contribution in [0.2, 0.25) is 0 Å². The molecule has 1 rings (SSSR count). The second-order valence-electron chi connectivity index (χ2n) is 1.88. The number of rotatable bonds is 0. The number of pyridine rings is 1. The summed E-state index contributed by atoms with van der Waals surface area (Å²) in [5.41, 5.74) is 0.595. The molecule has 0 fully saturated rings. The summed E-state index contributed by atoms with van der Waals surface area (Å²) < 4.78 is 1.11. The zero-order valence-corrected chi connectivity index (χ0v) is 7.16. The molecule has 2 N–H and O–H groups in total. The first-order chi connectivity index (χ1) is 5.22. The Morgan fingerprint density at radius 2 is 1.91 bits per heavy atom. The van der Waals surface area contributed by atoms with Gasteiger partial charge in [-0.1, -0.05) is 19.9 Å². The molecule has 0 radical (unpaired) electrons. The van der Waals surface area contributed by atoms with Crippen molar-refractivity contribution >= 4 is 0 Å². The Labute approximate surface area is 66.4 Å². The Morgan fingerprint density at radius 1 is 1.36 bits per heavy atom. The highest BCUT2D eigenvalue weighted by Gasteiger charge is 1.89. The monoisotopic (exact) mass is 154 g/mol. The van der Waals surface area contributed by atoms with E-state index in [-0.39, 0.29) is 5.56 Å². The number of hydrogen-bond acceptors (Lipinski definition) is 2. The fourth-order valence-electron chi connectivity index (χ4n) is 0.604. The standard InChI is InChI=1S/C6H8N2O.C2H6/c1-5-3-2-4-6(9)8(5)7;1-2/h2-4H,7H2,1H3;1-2H3. The summed E-state index contributed by atoms with van der Waals surface area (Å²) in [6.45, 7) is 5.78. The second kappa shape index (κ2) is 4.55. The molecule has 0 saturated heterocycles. The van der Waals surface area contributed by atoms with Gasteiger partial charge in [-0.05, 0) is 13.0 Å². The quantitative estimate of drug-likeness (QED) is 0.564. The predicted molar refractivity (Wildman–Crippen MR) is 46.9 cm³/mol. The fraction of sp³-hybridized carbons (Fsp3) is 0.375. The zero-order valence-electron chi connectivity index (χ0n) is 7.16. The van der Waals surface area contributed by atoms with Crippen LogP contribution >= 0.6 is 0 Å². The molecule has 0 unspecified atom stereocenters. The van der Waals surface area contributed by atoms with E-state index in [4.69, 9.17) is 5.84 Å². The van der Waals surface area contributed by atoms with Crippen molar-refractivity contribution in [3.05, 3.63) is 34.2 Å². The van der Waals surface area contributed by atoms with Crippen molar-refractivity contribution in [1.29, 1.82) is 0 Å². The number of hydrogen-bond donors (Lipinski definition) is 1. The van der Waals surface area contributed by atoms with E-state index in [2.05, 4.69) is 0 Å². The highest BCUT2D eigenvalue weighted by Crippen LogP contribution is 1.85. The summed E-state index contributed by atoms with van der Waals surface area (Å²) >= 11 is 0. The summed E-state index contributed by atoms with van der Waals surface area (Å²) in [6.07, 6.45) is 0. The summed E-state index contributed by atoms with van der Waals surface area (Å²) in [6, 6.07) is 4.88. The minimum Gasteiger partial charge on any atom is -0.336 e. The van der Waals surface area contributed by atoms with Crippen molar-refractivity contribution in [3.63, 3.8) is 0 Å². The topological polar surface area (TPSA) is 48.0 Å². The first-order valence-corrected chi connectivity index (χ1v) is 3.65. The lowest BCUT2D eigenvalue weighted by atomic mass is 10.4. The van der Waals surface area contributed by atoms with E-state index in [9.17, 15) is 4.79 Å². The van der Waals surface area contributed by atoms with E-state index in [0.29, 0.717) is 0 Å². The lowest BCUT2D eigenvalue weighted by molar-refractivity contribution is 0.886. The zero-order chi connectivity index (χ0) is 8.85. The van der Waals surface area contributed by atoms with Crippen LogP contribution in [0.5, 0.6) is 0 Å². The van der Waals surface area contributed by atoms with Gasteiger partial charge in [0.15, 0.2) is 0 Å². The number of aromatic nitrogens is 1. The molecular formula is C8H14N2O. The summed E-state index contributed by atoms with van der Waals surface area (Å²) in [5, 5.41) is 0. The lowest BCUT2D eigenvalue weighted by Gasteiger charge is -1.98. The van der Waals surface area contributed by atoms with Gasteiger partial charge in [-0.15, -0.1) is 0 Å². The molecule has 0 aliphatic heterocycles. The van der Waals surface area contributed by atoms with Gasteiger partial charge in [-0.25, -0.2) is 4.68 Å². The molecule has 1 aromatic heterocycles. The Bertz CT molecular complexity index is 265. The van der Waals surface area contributed by atoms with Crippen molar-refractivity contribution in [1.82, 2.24) is 4.68 Å². The lowest BCUT2D eigenvalue weighted by Crippen LogP contribution is -2.27. The molecule has 0 atom stereocenters. The Balaban J connectivity index is 0.000000461. The molecule has 11 heavy (non-hydrogen) atoms. The van der Waals surface area contributed by atoms with Gasteiger partial charge in [0.2, 0.25) is 0 Å². The van der Waals surface area contributed by atoms with Gasteiger partial charge >= 0.3 is 0 Å². The normalized spacial score (nSPS) is 8.27. The average Bonchev–Trinajstić information content (AvgIpc) is 2.04. The van der Waals surface area contributed by atoms with Gasteiger partial charge in [0, 0.05) is 11.8 Å². The van der Waals surface area contributed by atoms with Crippen LogP contribution in [0.4, 0.5) is 0 Å². The molecule has 0 bridgehead atoms. The van der Waals surface area contributed by atoms with Crippen LogP contribution in [0.1, 0.15) is 19.5 Å². The minimum absolute atomic E-state index is 0.171. The maximum absolute atomic E-state index is 10.7. The molecule has 0 aromatic carbocycles. The van der Waals surface area contributed by atoms with Gasteiger partial charge < -0.3 is 5.84 Å². The second-order valence-corrected chi connectivity index (χ2v) is 1.88. The van der Waals surface area contributed by atoms with Crippen molar-refractivity contribution in [2.45, 2.75) is 20.8 Å². The summed E-state index contributed by atoms with van der Waals surface area (Å²) in [7, 11) is 0. The molecule has 1 aromatic rings. The Hall–Kier alpha value is -1.25. The van der Waals surface area contributed by atoms with Crippen LogP contribution in [-0.4, -0.2) is 4.68 Å². The smallest absolute Gasteiger partial charge is 0.268 e. The average molecular weight is 154 g/mol. The van der Waals surface area contributed by atoms with E-state index in [0.717, 1.165) is 10.4 Å². The van der Waals surface area contributed by atoms with Gasteiger partial charge in [0.1, 0.15) is 0 Å². The minimum atomic E-state index is -0.171. The number of nitrogen functional groups attached to an aromatic ring is 1. The highest BCUT2D eigenvalue weighted by atomic mass is 16.1. The van der Waals surface area contributed by atoms with Crippen LogP contribution < -0.4 is 11.4 Å². The molecule has 0 spiro atoms. The fourth-order valence-corrected chi connectivity index (χ4v) is 0.604. The SMILES string of the molecule is CC.Cc1cccc(=O)n1N.